The van der Waals surface area contributed by atoms with Gasteiger partial charge in [0.1, 0.15) is 5.82 Å². The Morgan fingerprint density at radius 3 is 2.30 bits per heavy atom. The van der Waals surface area contributed by atoms with E-state index in [1.54, 1.807) is 0 Å². The Balaban J connectivity index is 2.33. The highest BCUT2D eigenvalue weighted by molar-refractivity contribution is 7.89. The lowest BCUT2D eigenvalue weighted by Crippen LogP contribution is -2.38. The van der Waals surface area contributed by atoms with Crippen LogP contribution < -0.4 is 10.0 Å². The number of amides is 1. The van der Waals surface area contributed by atoms with Gasteiger partial charge in [0.2, 0.25) is 10.0 Å². The van der Waals surface area contributed by atoms with Crippen molar-refractivity contribution in [1.82, 2.24) is 14.9 Å². The monoisotopic (exact) mass is 345 g/mol. The van der Waals surface area contributed by atoms with Crippen LogP contribution in [0.1, 0.15) is 24.2 Å². The quantitative estimate of drug-likeness (QED) is 0.658. The average Bonchev–Trinajstić information content (AvgIpc) is 2.52. The molecule has 0 saturated carbocycles. The first-order valence-electron chi connectivity index (χ1n) is 7.61. The molecule has 0 heterocycles. The largest absolute Gasteiger partial charge is 0.351 e. The maximum absolute atomic E-state index is 12.8. The molecule has 0 aliphatic carbocycles. The van der Waals surface area contributed by atoms with E-state index in [9.17, 15) is 17.6 Å². The van der Waals surface area contributed by atoms with Crippen LogP contribution in [0.2, 0.25) is 0 Å². The van der Waals surface area contributed by atoms with Crippen LogP contribution in [-0.4, -0.2) is 57.7 Å². The second-order valence-electron chi connectivity index (χ2n) is 5.00. The van der Waals surface area contributed by atoms with Gasteiger partial charge in [-0.25, -0.2) is 17.5 Å². The molecule has 0 aromatic heterocycles. The van der Waals surface area contributed by atoms with Gasteiger partial charge in [0, 0.05) is 25.2 Å². The molecule has 0 radical (unpaired) electrons. The van der Waals surface area contributed by atoms with E-state index in [1.165, 1.54) is 24.3 Å². The summed E-state index contributed by atoms with van der Waals surface area (Å²) in [6, 6.07) is 5.06. The van der Waals surface area contributed by atoms with Crippen LogP contribution in [0, 0.1) is 5.82 Å². The molecule has 23 heavy (non-hydrogen) atoms. The summed E-state index contributed by atoms with van der Waals surface area (Å²) in [4.78, 5) is 13.9. The van der Waals surface area contributed by atoms with Crippen molar-refractivity contribution in [2.24, 2.45) is 0 Å². The molecule has 0 spiro atoms. The fourth-order valence-corrected chi connectivity index (χ4v) is 2.89. The van der Waals surface area contributed by atoms with Crippen molar-refractivity contribution >= 4 is 15.9 Å². The minimum atomic E-state index is -3.43. The van der Waals surface area contributed by atoms with Crippen molar-refractivity contribution in [3.8, 4) is 0 Å². The molecule has 0 bridgehead atoms. The van der Waals surface area contributed by atoms with Gasteiger partial charge >= 0.3 is 0 Å². The van der Waals surface area contributed by atoms with Gasteiger partial charge in [0.05, 0.1) is 5.75 Å². The predicted molar refractivity (Wildman–Crippen MR) is 88.3 cm³/mol. The van der Waals surface area contributed by atoms with E-state index in [0.717, 1.165) is 13.1 Å². The number of hydrogen-bond acceptors (Lipinski definition) is 4. The van der Waals surface area contributed by atoms with E-state index >= 15 is 0 Å². The molecular formula is C15H24FN3O3S. The summed E-state index contributed by atoms with van der Waals surface area (Å²) in [5.41, 5.74) is 0.290. The van der Waals surface area contributed by atoms with Crippen molar-refractivity contribution in [1.29, 1.82) is 0 Å². The average molecular weight is 345 g/mol. The second kappa shape index (κ2) is 9.59. The van der Waals surface area contributed by atoms with Crippen LogP contribution in [0.5, 0.6) is 0 Å². The molecule has 0 unspecified atom stereocenters. The third-order valence-corrected chi connectivity index (χ3v) is 4.79. The van der Waals surface area contributed by atoms with Gasteiger partial charge in [0.15, 0.2) is 0 Å². The van der Waals surface area contributed by atoms with Gasteiger partial charge in [-0.1, -0.05) is 13.8 Å². The summed E-state index contributed by atoms with van der Waals surface area (Å²) in [5.74, 6) is -1.05. The molecule has 1 amide bonds. The number of halogens is 1. The molecule has 2 N–H and O–H groups in total. The summed E-state index contributed by atoms with van der Waals surface area (Å²) in [5, 5.41) is 2.51. The highest BCUT2D eigenvalue weighted by Gasteiger charge is 2.12. The molecule has 0 fully saturated rings. The number of nitrogens with one attached hydrogen (secondary N) is 2. The maximum Gasteiger partial charge on any atom is 0.251 e. The van der Waals surface area contributed by atoms with Gasteiger partial charge in [-0.3, -0.25) is 4.79 Å². The fraction of sp³-hybridized carbons (Fsp3) is 0.533. The molecule has 1 rings (SSSR count). The second-order valence-corrected chi connectivity index (χ2v) is 6.93. The third kappa shape index (κ3) is 7.54. The smallest absolute Gasteiger partial charge is 0.251 e. The summed E-state index contributed by atoms with van der Waals surface area (Å²) in [7, 11) is -3.43. The number of carbonyl (C=O) groups is 1. The van der Waals surface area contributed by atoms with Crippen molar-refractivity contribution < 1.29 is 17.6 Å². The zero-order chi connectivity index (χ0) is 17.3. The summed E-state index contributed by atoms with van der Waals surface area (Å²) < 4.78 is 38.9. The topological polar surface area (TPSA) is 78.5 Å². The SMILES string of the molecule is CCN(CC)CCNS(=O)(=O)CCNC(=O)c1ccc(F)cc1. The molecule has 6 nitrogen and oxygen atoms in total. The zero-order valence-corrected chi connectivity index (χ0v) is 14.3. The maximum atomic E-state index is 12.8. The van der Waals surface area contributed by atoms with Crippen LogP contribution in [0.4, 0.5) is 4.39 Å². The number of benzene rings is 1. The van der Waals surface area contributed by atoms with Crippen molar-refractivity contribution in [3.05, 3.63) is 35.6 Å². The molecule has 0 aliphatic rings. The Morgan fingerprint density at radius 1 is 1.13 bits per heavy atom. The van der Waals surface area contributed by atoms with Crippen molar-refractivity contribution in [2.45, 2.75) is 13.8 Å². The number of nitrogens with zero attached hydrogens (tertiary/aromatic N) is 1. The molecular weight excluding hydrogens is 321 g/mol. The minimum Gasteiger partial charge on any atom is -0.351 e. The van der Waals surface area contributed by atoms with Crippen LogP contribution >= 0.6 is 0 Å². The lowest BCUT2D eigenvalue weighted by Gasteiger charge is -2.18. The minimum absolute atomic E-state index is 0.00316. The Bertz CT molecular complexity index is 586. The van der Waals surface area contributed by atoms with Gasteiger partial charge in [-0.15, -0.1) is 0 Å². The Kier molecular flexibility index (Phi) is 8.15. The van der Waals surface area contributed by atoms with Crippen LogP contribution in [0.25, 0.3) is 0 Å². The van der Waals surface area contributed by atoms with E-state index in [2.05, 4.69) is 14.9 Å². The molecule has 1 aromatic carbocycles. The Hall–Kier alpha value is -1.51. The van der Waals surface area contributed by atoms with Crippen LogP contribution in [-0.2, 0) is 10.0 Å². The first kappa shape index (κ1) is 19.5. The predicted octanol–water partition coefficient (Wildman–Crippen LogP) is 0.817. The Morgan fingerprint density at radius 2 is 1.74 bits per heavy atom. The zero-order valence-electron chi connectivity index (χ0n) is 13.5. The van der Waals surface area contributed by atoms with E-state index in [4.69, 9.17) is 0 Å². The van der Waals surface area contributed by atoms with Crippen molar-refractivity contribution in [2.75, 3.05) is 38.5 Å². The standard InChI is InChI=1S/C15H24FN3O3S/c1-3-19(4-2)11-9-18-23(21,22)12-10-17-15(20)13-5-7-14(16)8-6-13/h5-8,18H,3-4,9-12H2,1-2H3,(H,17,20). The number of sulfonamides is 1. The lowest BCUT2D eigenvalue weighted by molar-refractivity contribution is 0.0956. The summed E-state index contributed by atoms with van der Waals surface area (Å²) in [6.07, 6.45) is 0. The highest BCUT2D eigenvalue weighted by atomic mass is 32.2. The number of rotatable bonds is 10. The van der Waals surface area contributed by atoms with E-state index < -0.39 is 21.7 Å². The van der Waals surface area contributed by atoms with Crippen LogP contribution in [0.3, 0.4) is 0 Å². The molecule has 0 atom stereocenters. The lowest BCUT2D eigenvalue weighted by atomic mass is 10.2. The van der Waals surface area contributed by atoms with Gasteiger partial charge in [-0.2, -0.15) is 0 Å². The van der Waals surface area contributed by atoms with E-state index in [1.807, 2.05) is 13.8 Å². The third-order valence-electron chi connectivity index (χ3n) is 3.41. The normalized spacial score (nSPS) is 11.7. The Labute approximate surface area is 137 Å². The molecule has 8 heteroatoms. The van der Waals surface area contributed by atoms with Gasteiger partial charge in [0.25, 0.3) is 5.91 Å². The summed E-state index contributed by atoms with van der Waals surface area (Å²) in [6.45, 7) is 6.75. The van der Waals surface area contributed by atoms with Gasteiger partial charge in [-0.05, 0) is 37.4 Å². The van der Waals surface area contributed by atoms with E-state index in [0.29, 0.717) is 18.7 Å². The number of hydrogen-bond donors (Lipinski definition) is 2. The highest BCUT2D eigenvalue weighted by Crippen LogP contribution is 2.02. The first-order valence-corrected chi connectivity index (χ1v) is 9.26. The first-order chi connectivity index (χ1) is 10.9. The van der Waals surface area contributed by atoms with E-state index in [-0.39, 0.29) is 12.3 Å². The fourth-order valence-electron chi connectivity index (χ4n) is 1.97. The van der Waals surface area contributed by atoms with Crippen LogP contribution in [0.15, 0.2) is 24.3 Å². The van der Waals surface area contributed by atoms with Crippen molar-refractivity contribution in [3.63, 3.8) is 0 Å². The van der Waals surface area contributed by atoms with Gasteiger partial charge < -0.3 is 10.2 Å². The number of likely N-dealkylation sites (N-methyl/N-ethyl adjacent to an activating group) is 1. The summed E-state index contributed by atoms with van der Waals surface area (Å²) >= 11 is 0. The number of carbonyl (C=O) groups excluding carboxylic acids is 1. The molecule has 130 valence electrons. The molecule has 0 saturated heterocycles. The molecule has 1 aromatic rings. The molecule has 0 aliphatic heterocycles.